The molecular formula is C16H13ClN2O4S. The first kappa shape index (κ1) is 17.0. The van der Waals surface area contributed by atoms with Gasteiger partial charge in [-0.1, -0.05) is 30.3 Å². The molecule has 4 rings (SSSR count). The zero-order valence-corrected chi connectivity index (χ0v) is 14.4. The largest absolute Gasteiger partial charge is 0.388 e. The van der Waals surface area contributed by atoms with Crippen molar-refractivity contribution in [3.8, 4) is 0 Å². The minimum absolute atomic E-state index is 1.07. The lowest BCUT2D eigenvalue weighted by molar-refractivity contribution is -2.00. The molecule has 0 aliphatic rings. The molecule has 0 atom stereocenters. The lowest BCUT2D eigenvalue weighted by Crippen LogP contribution is -2.68. The Kier molecular flexibility index (Phi) is 4.39. The van der Waals surface area contributed by atoms with Crippen LogP contribution in [-0.4, -0.2) is 4.98 Å². The Balaban J connectivity index is 0.000000300. The van der Waals surface area contributed by atoms with E-state index in [-0.39, 0.29) is 0 Å². The zero-order chi connectivity index (χ0) is 17.5. The van der Waals surface area contributed by atoms with Gasteiger partial charge in [0, 0.05) is 18.4 Å². The molecule has 0 unspecified atom stereocenters. The third kappa shape index (κ3) is 3.46. The van der Waals surface area contributed by atoms with E-state index in [1.807, 2.05) is 0 Å². The molecule has 8 heteroatoms. The van der Waals surface area contributed by atoms with E-state index in [0.29, 0.717) is 0 Å². The average molecular weight is 365 g/mol. The van der Waals surface area contributed by atoms with Crippen LogP contribution in [0.5, 0.6) is 0 Å². The molecule has 0 radical (unpaired) electrons. The van der Waals surface area contributed by atoms with Crippen LogP contribution >= 0.6 is 11.3 Å². The van der Waals surface area contributed by atoms with Crippen LogP contribution in [0.1, 0.15) is 11.4 Å². The number of rotatable bonds is 0. The molecule has 124 valence electrons. The molecule has 0 bridgehead atoms. The maximum atomic E-state index is 8.49. The van der Waals surface area contributed by atoms with E-state index >= 15 is 0 Å². The number of benzene rings is 2. The summed E-state index contributed by atoms with van der Waals surface area (Å²) >= 11 is 1.77. The Morgan fingerprint density at radius 2 is 1.67 bits per heavy atom. The van der Waals surface area contributed by atoms with Crippen molar-refractivity contribution in [2.24, 2.45) is 0 Å². The molecule has 0 amide bonds. The first-order valence-corrected chi connectivity index (χ1v) is 9.01. The minimum atomic E-state index is -4.94. The molecule has 0 N–H and O–H groups in total. The van der Waals surface area contributed by atoms with Crippen LogP contribution in [0.25, 0.3) is 25.9 Å². The molecule has 0 saturated carbocycles. The smallest absolute Gasteiger partial charge is 0.222 e. The number of nitrogens with zero attached hydrogens (tertiary/aromatic N) is 2. The van der Waals surface area contributed by atoms with Gasteiger partial charge in [0.05, 0.1) is 4.70 Å². The van der Waals surface area contributed by atoms with Crippen molar-refractivity contribution < 1.29 is 33.3 Å². The molecular weight excluding hydrogens is 352 g/mol. The van der Waals surface area contributed by atoms with Crippen molar-refractivity contribution in [2.75, 3.05) is 0 Å². The SMILES string of the molecule is Cc1cc(C)[n+]2c(n1)sc1c3ccccc3ccc12.[O-][Cl+3]([O-])([O-])[O-]. The summed E-state index contributed by atoms with van der Waals surface area (Å²) in [6, 6.07) is 15.1. The monoisotopic (exact) mass is 364 g/mol. The second-order valence-electron chi connectivity index (χ2n) is 5.27. The summed E-state index contributed by atoms with van der Waals surface area (Å²) in [4.78, 5) is 5.74. The number of aromatic nitrogens is 2. The van der Waals surface area contributed by atoms with E-state index < -0.39 is 10.2 Å². The second-order valence-corrected chi connectivity index (χ2v) is 7.01. The maximum Gasteiger partial charge on any atom is 0.388 e. The molecule has 6 nitrogen and oxygen atoms in total. The number of aryl methyl sites for hydroxylation is 2. The van der Waals surface area contributed by atoms with Crippen LogP contribution < -0.4 is 23.0 Å². The minimum Gasteiger partial charge on any atom is -0.222 e. The van der Waals surface area contributed by atoms with Crippen LogP contribution in [0.2, 0.25) is 0 Å². The van der Waals surface area contributed by atoms with Crippen molar-refractivity contribution in [3.63, 3.8) is 0 Å². The van der Waals surface area contributed by atoms with Crippen LogP contribution in [0.3, 0.4) is 0 Å². The summed E-state index contributed by atoms with van der Waals surface area (Å²) < 4.78 is 37.5. The highest BCUT2D eigenvalue weighted by atomic mass is 35.7. The Morgan fingerprint density at radius 3 is 2.38 bits per heavy atom. The van der Waals surface area contributed by atoms with Gasteiger partial charge in [0.2, 0.25) is 0 Å². The van der Waals surface area contributed by atoms with E-state index in [1.54, 1.807) is 11.3 Å². The van der Waals surface area contributed by atoms with Gasteiger partial charge in [-0.15, -0.1) is 10.2 Å². The van der Waals surface area contributed by atoms with Crippen LogP contribution in [0.4, 0.5) is 0 Å². The van der Waals surface area contributed by atoms with Gasteiger partial charge >= 0.3 is 4.96 Å². The lowest BCUT2D eigenvalue weighted by atomic mass is 10.1. The quantitative estimate of drug-likeness (QED) is 0.374. The molecule has 24 heavy (non-hydrogen) atoms. The van der Waals surface area contributed by atoms with E-state index in [9.17, 15) is 0 Å². The molecule has 0 saturated heterocycles. The van der Waals surface area contributed by atoms with Crippen molar-refractivity contribution in [1.29, 1.82) is 0 Å². The molecule has 4 aromatic rings. The zero-order valence-electron chi connectivity index (χ0n) is 12.9. The first-order valence-electron chi connectivity index (χ1n) is 6.96. The van der Waals surface area contributed by atoms with Crippen LogP contribution in [-0.2, 0) is 0 Å². The Labute approximate surface area is 143 Å². The molecule has 2 heterocycles. The van der Waals surface area contributed by atoms with Gasteiger partial charge in [-0.3, -0.25) is 0 Å². The van der Waals surface area contributed by atoms with Gasteiger partial charge < -0.3 is 0 Å². The summed E-state index contributed by atoms with van der Waals surface area (Å²) in [5, 5.41) is 2.60. The van der Waals surface area contributed by atoms with Crippen molar-refractivity contribution >= 4 is 37.3 Å². The van der Waals surface area contributed by atoms with E-state index in [2.05, 4.69) is 65.7 Å². The Bertz CT molecular complexity index is 1040. The molecule has 0 fully saturated rings. The van der Waals surface area contributed by atoms with E-state index in [0.717, 1.165) is 10.7 Å². The molecule has 0 aliphatic heterocycles. The van der Waals surface area contributed by atoms with E-state index in [1.165, 1.54) is 26.7 Å². The van der Waals surface area contributed by atoms with Gasteiger partial charge in [-0.2, -0.15) is 4.40 Å². The second kappa shape index (κ2) is 6.21. The molecule has 2 aromatic heterocycles. The molecule has 0 aliphatic carbocycles. The highest BCUT2D eigenvalue weighted by Crippen LogP contribution is 2.29. The third-order valence-corrected chi connectivity index (χ3v) is 4.62. The number of hydrogen-bond donors (Lipinski definition) is 0. The predicted molar refractivity (Wildman–Crippen MR) is 79.8 cm³/mol. The third-order valence-electron chi connectivity index (χ3n) is 3.53. The number of thiazole rings is 1. The summed E-state index contributed by atoms with van der Waals surface area (Å²) in [5.74, 6) is 0. The summed E-state index contributed by atoms with van der Waals surface area (Å²) in [5.41, 5.74) is 3.57. The van der Waals surface area contributed by atoms with Gasteiger partial charge in [0.1, 0.15) is 5.69 Å². The summed E-state index contributed by atoms with van der Waals surface area (Å²) in [6.45, 7) is 4.19. The van der Waals surface area contributed by atoms with Gasteiger partial charge in [0.25, 0.3) is 0 Å². The molecule has 2 aromatic carbocycles. The highest BCUT2D eigenvalue weighted by molar-refractivity contribution is 7.23. The van der Waals surface area contributed by atoms with Crippen molar-refractivity contribution in [1.82, 2.24) is 4.98 Å². The van der Waals surface area contributed by atoms with Gasteiger partial charge in [0.15, 0.2) is 11.2 Å². The molecule has 0 spiro atoms. The average Bonchev–Trinajstić information content (AvgIpc) is 2.84. The Morgan fingerprint density at radius 1 is 1.00 bits per heavy atom. The fourth-order valence-electron chi connectivity index (χ4n) is 2.72. The maximum absolute atomic E-state index is 8.49. The van der Waals surface area contributed by atoms with Crippen molar-refractivity contribution in [3.05, 3.63) is 53.9 Å². The highest BCUT2D eigenvalue weighted by Gasteiger charge is 2.18. The van der Waals surface area contributed by atoms with Crippen LogP contribution in [0, 0.1) is 24.1 Å². The number of hydrogen-bond acceptors (Lipinski definition) is 6. The summed E-state index contributed by atoms with van der Waals surface area (Å²) in [7, 11) is -4.94. The summed E-state index contributed by atoms with van der Waals surface area (Å²) in [6.07, 6.45) is 0. The normalized spacial score (nSPS) is 11.8. The number of fused-ring (bicyclic) bond motifs is 5. The van der Waals surface area contributed by atoms with Crippen molar-refractivity contribution in [2.45, 2.75) is 13.8 Å². The predicted octanol–water partition coefficient (Wildman–Crippen LogP) is -0.951. The van der Waals surface area contributed by atoms with E-state index in [4.69, 9.17) is 18.6 Å². The fraction of sp³-hybridized carbons (Fsp3) is 0.125. The van der Waals surface area contributed by atoms with Gasteiger partial charge in [-0.25, -0.2) is 18.6 Å². The standard InChI is InChI=1S/C16H13N2S.ClHO4/c1-10-9-11(2)18-14-8-7-12-5-3-4-6-13(12)15(14)19-16(18)17-10;2-1(3,4)5/h3-9H,1-2H3;(H,2,3,4,5)/q+1;/p-1. The topological polar surface area (TPSA) is 109 Å². The lowest BCUT2D eigenvalue weighted by Gasteiger charge is -2.17. The Hall–Kier alpha value is -1.87. The fourth-order valence-corrected chi connectivity index (χ4v) is 3.98. The van der Waals surface area contributed by atoms with Crippen LogP contribution in [0.15, 0.2) is 42.5 Å². The number of halogens is 1. The first-order chi connectivity index (χ1) is 11.2. The van der Waals surface area contributed by atoms with Gasteiger partial charge in [-0.05, 0) is 34.7 Å².